The molecule has 3 aliphatic heterocycles. The van der Waals surface area contributed by atoms with Gasteiger partial charge in [-0.05, 0) is 111 Å². The molecule has 0 spiro atoms. The molecular formula is C52H54O8. The number of carbonyl (C=O) groups is 2. The highest BCUT2D eigenvalue weighted by atomic mass is 16.6. The first kappa shape index (κ1) is 41.0. The van der Waals surface area contributed by atoms with E-state index in [1.54, 1.807) is 26.0 Å². The summed E-state index contributed by atoms with van der Waals surface area (Å²) < 4.78 is 25.7. The molecular weight excluding hydrogens is 753 g/mol. The van der Waals surface area contributed by atoms with Gasteiger partial charge in [0.25, 0.3) is 0 Å². The first-order valence-corrected chi connectivity index (χ1v) is 21.2. The van der Waals surface area contributed by atoms with E-state index in [-0.39, 0.29) is 35.7 Å². The van der Waals surface area contributed by atoms with Crippen LogP contribution in [0.5, 0.6) is 5.75 Å². The zero-order chi connectivity index (χ0) is 42.3. The number of hydrogen-bond acceptors (Lipinski definition) is 8. The lowest BCUT2D eigenvalue weighted by atomic mass is 9.72. The second kappa shape index (κ2) is 16.7. The van der Waals surface area contributed by atoms with Crippen LogP contribution in [-0.4, -0.2) is 28.8 Å². The third kappa shape index (κ3) is 8.10. The average molecular weight is 807 g/mol. The molecule has 5 atom stereocenters. The first-order chi connectivity index (χ1) is 28.8. The fraction of sp³-hybridized carbons (Fsp3) is 0.365. The summed E-state index contributed by atoms with van der Waals surface area (Å²) in [6, 6.07) is 31.2. The third-order valence-electron chi connectivity index (χ3n) is 12.6. The molecule has 5 aromatic rings. The Hall–Kier alpha value is -5.73. The van der Waals surface area contributed by atoms with Crippen LogP contribution in [0.15, 0.2) is 124 Å². The van der Waals surface area contributed by atoms with Gasteiger partial charge in [-0.2, -0.15) is 0 Å². The number of rotatable bonds is 5. The maximum atomic E-state index is 14.7. The molecule has 0 unspecified atom stereocenters. The molecule has 4 aliphatic rings. The Kier molecular flexibility index (Phi) is 11.4. The predicted octanol–water partition coefficient (Wildman–Crippen LogP) is 10.5. The summed E-state index contributed by atoms with van der Waals surface area (Å²) in [7, 11) is 0. The Labute approximate surface area is 351 Å². The zero-order valence-electron chi connectivity index (χ0n) is 35.3. The quantitative estimate of drug-likeness (QED) is 0.0809. The molecule has 4 aromatic carbocycles. The molecule has 8 heteroatoms. The summed E-state index contributed by atoms with van der Waals surface area (Å²) in [5, 5.41) is 11.1. The number of carbonyl (C=O) groups excluding carboxylic acids is 2. The van der Waals surface area contributed by atoms with Gasteiger partial charge in [0, 0.05) is 34.8 Å². The van der Waals surface area contributed by atoms with Crippen LogP contribution in [0.3, 0.4) is 0 Å². The van der Waals surface area contributed by atoms with Crippen LogP contribution in [0.4, 0.5) is 0 Å². The van der Waals surface area contributed by atoms with Gasteiger partial charge in [0.15, 0.2) is 12.2 Å². The molecule has 4 heterocycles. The molecule has 0 fully saturated rings. The zero-order valence-corrected chi connectivity index (χ0v) is 35.3. The van der Waals surface area contributed by atoms with Crippen molar-refractivity contribution in [2.24, 2.45) is 5.92 Å². The highest BCUT2D eigenvalue weighted by Gasteiger charge is 2.51. The minimum absolute atomic E-state index is 0.0518. The van der Waals surface area contributed by atoms with Crippen molar-refractivity contribution in [3.8, 4) is 5.75 Å². The molecule has 8 nitrogen and oxygen atoms in total. The van der Waals surface area contributed by atoms with Crippen molar-refractivity contribution in [1.29, 1.82) is 0 Å². The Morgan fingerprint density at radius 1 is 0.833 bits per heavy atom. The number of hydrogen-bond donors (Lipinski definition) is 1. The minimum atomic E-state index is -1.20. The molecule has 0 radical (unpaired) electrons. The van der Waals surface area contributed by atoms with Crippen LogP contribution in [0, 0.1) is 5.92 Å². The van der Waals surface area contributed by atoms with Crippen molar-refractivity contribution >= 4 is 22.9 Å². The number of aryl methyl sites for hydroxylation is 1. The summed E-state index contributed by atoms with van der Waals surface area (Å²) in [5.41, 5.74) is 6.69. The fourth-order valence-electron chi connectivity index (χ4n) is 9.53. The van der Waals surface area contributed by atoms with E-state index >= 15 is 0 Å². The van der Waals surface area contributed by atoms with E-state index in [1.165, 1.54) is 16.7 Å². The van der Waals surface area contributed by atoms with E-state index < -0.39 is 42.0 Å². The lowest BCUT2D eigenvalue weighted by Gasteiger charge is -2.43. The Morgan fingerprint density at radius 3 is 2.30 bits per heavy atom. The van der Waals surface area contributed by atoms with E-state index in [0.717, 1.165) is 23.1 Å². The predicted molar refractivity (Wildman–Crippen MR) is 232 cm³/mol. The topological polar surface area (TPSA) is 112 Å². The van der Waals surface area contributed by atoms with Crippen LogP contribution >= 0.6 is 0 Å². The first-order valence-electron chi connectivity index (χ1n) is 21.2. The van der Waals surface area contributed by atoms with Crippen molar-refractivity contribution in [2.45, 2.75) is 116 Å². The summed E-state index contributed by atoms with van der Waals surface area (Å²) in [6.45, 7) is 10.7. The Morgan fingerprint density at radius 2 is 1.58 bits per heavy atom. The second-order valence-corrected chi connectivity index (χ2v) is 17.7. The smallest absolute Gasteiger partial charge is 0.340 e. The number of fused-ring (bicyclic) bond motifs is 11. The van der Waals surface area contributed by atoms with Crippen LogP contribution < -0.4 is 10.4 Å². The van der Waals surface area contributed by atoms with Crippen molar-refractivity contribution in [1.82, 2.24) is 0 Å². The normalized spacial score (nSPS) is 22.7. The lowest BCUT2D eigenvalue weighted by molar-refractivity contribution is -0.188. The van der Waals surface area contributed by atoms with Crippen molar-refractivity contribution in [3.63, 3.8) is 0 Å². The van der Waals surface area contributed by atoms with Crippen molar-refractivity contribution in [2.75, 3.05) is 0 Å². The van der Waals surface area contributed by atoms with Crippen LogP contribution in [0.1, 0.15) is 129 Å². The molecule has 310 valence electrons. The molecule has 1 aromatic heterocycles. The van der Waals surface area contributed by atoms with E-state index in [4.69, 9.17) is 18.6 Å². The van der Waals surface area contributed by atoms with E-state index in [2.05, 4.69) is 84.9 Å². The van der Waals surface area contributed by atoms with Gasteiger partial charge in [0.1, 0.15) is 16.9 Å². The van der Waals surface area contributed by atoms with Gasteiger partial charge in [0.05, 0.1) is 12.2 Å². The van der Waals surface area contributed by atoms with E-state index in [9.17, 15) is 19.5 Å². The van der Waals surface area contributed by atoms with Crippen LogP contribution in [0.2, 0.25) is 0 Å². The summed E-state index contributed by atoms with van der Waals surface area (Å²) in [6.07, 6.45) is 4.90. The van der Waals surface area contributed by atoms with Gasteiger partial charge in [-0.3, -0.25) is 4.79 Å². The largest absolute Gasteiger partial charge is 0.483 e. The van der Waals surface area contributed by atoms with Gasteiger partial charge in [0.2, 0.25) is 0 Å². The monoisotopic (exact) mass is 806 g/mol. The van der Waals surface area contributed by atoms with E-state index in [0.29, 0.717) is 52.7 Å². The summed E-state index contributed by atoms with van der Waals surface area (Å²) in [5.74, 6) is -0.994. The number of aliphatic hydroxyl groups is 1. The number of benzene rings is 4. The van der Waals surface area contributed by atoms with Crippen LogP contribution in [0.25, 0.3) is 11.0 Å². The molecule has 0 amide bonds. The fourth-order valence-corrected chi connectivity index (χ4v) is 9.53. The van der Waals surface area contributed by atoms with Gasteiger partial charge in [-0.25, -0.2) is 9.59 Å². The van der Waals surface area contributed by atoms with Gasteiger partial charge in [-0.1, -0.05) is 110 Å². The second-order valence-electron chi connectivity index (χ2n) is 17.7. The SMILES string of the molecule is CC(C)=C1CCc2ccc(cc2)[C@@H]2C=C[C@@H](c3cccc(Cc4ccccc4)c3)C[C@H]2CC(=O)O[C@@H]2c3c(ccc4c(CO)c(C(C)C)c(=O)oc34)OC(C)(C)[C@H]2OC1=O. The summed E-state index contributed by atoms with van der Waals surface area (Å²) in [4.78, 5) is 42.6. The van der Waals surface area contributed by atoms with Crippen LogP contribution in [-0.2, 0) is 38.5 Å². The number of aliphatic hydroxyl groups excluding tert-OH is 1. The molecule has 0 saturated carbocycles. The van der Waals surface area contributed by atoms with Gasteiger partial charge in [-0.15, -0.1) is 0 Å². The molecule has 1 N–H and O–H groups in total. The Balaban J connectivity index is 1.22. The molecule has 9 rings (SSSR count). The number of esters is 2. The molecule has 0 saturated heterocycles. The summed E-state index contributed by atoms with van der Waals surface area (Å²) >= 11 is 0. The number of ether oxygens (including phenoxy) is 3. The minimum Gasteiger partial charge on any atom is -0.483 e. The maximum absolute atomic E-state index is 14.7. The molecule has 2 bridgehead atoms. The van der Waals surface area contributed by atoms with Gasteiger partial charge < -0.3 is 23.7 Å². The third-order valence-corrected chi connectivity index (χ3v) is 12.6. The lowest BCUT2D eigenvalue weighted by Crippen LogP contribution is -2.52. The standard InChI is InChI=1S/C52H54O8/c1-30(2)39-21-17-32-15-18-35(19-16-32)40-22-20-37(36-14-10-13-34(26-36)25-33-11-8-7-9-12-33)27-38(40)28-44(54)57-48-46-43(60-52(5,6)49(48)59-50(39)55)24-23-41-42(29-53)45(31(3)4)51(56)58-47(41)46/h7-16,18-20,22-24,26,31,37-38,40,48-49,53H,17,21,25,27-29H2,1-6H3/t37-,38+,40+,48-,49+/m1/s1. The number of allylic oxidation sites excluding steroid dienone is 3. The van der Waals surface area contributed by atoms with E-state index in [1.807, 2.05) is 33.8 Å². The molecule has 60 heavy (non-hydrogen) atoms. The molecule has 1 aliphatic carbocycles. The average Bonchev–Trinajstić information content (AvgIpc) is 3.21. The van der Waals surface area contributed by atoms with Gasteiger partial charge >= 0.3 is 17.6 Å². The highest BCUT2D eigenvalue weighted by molar-refractivity contribution is 5.90. The maximum Gasteiger partial charge on any atom is 0.340 e. The van der Waals surface area contributed by atoms with Crippen molar-refractivity contribution < 1.29 is 33.3 Å². The highest BCUT2D eigenvalue weighted by Crippen LogP contribution is 2.49. The Bertz CT molecular complexity index is 2540. The van der Waals surface area contributed by atoms with Crippen molar-refractivity contribution in [3.05, 3.63) is 169 Å².